The van der Waals surface area contributed by atoms with Gasteiger partial charge in [-0.15, -0.1) is 11.3 Å². The zero-order valence-corrected chi connectivity index (χ0v) is 10.5. The summed E-state index contributed by atoms with van der Waals surface area (Å²) in [5.41, 5.74) is 0.0626. The van der Waals surface area contributed by atoms with Crippen LogP contribution in [0.5, 0.6) is 0 Å². The first-order chi connectivity index (χ1) is 8.65. The van der Waals surface area contributed by atoms with E-state index in [1.807, 2.05) is 18.2 Å². The molecule has 0 aliphatic carbocycles. The smallest absolute Gasteiger partial charge is 0.341 e. The van der Waals surface area contributed by atoms with Crippen molar-refractivity contribution in [3.63, 3.8) is 0 Å². The number of carboxylic acid groups (broad SMARTS) is 1. The molecule has 0 unspecified atom stereocenters. The molecule has 1 aromatic carbocycles. The molecule has 90 valence electrons. The number of carbonyl (C=O) groups is 1. The summed E-state index contributed by atoms with van der Waals surface area (Å²) in [4.78, 5) is 11.7. The lowest BCUT2D eigenvalue weighted by molar-refractivity contribution is 0.0697. The Morgan fingerprint density at radius 2 is 2.22 bits per heavy atom. The minimum atomic E-state index is -1.05. The van der Waals surface area contributed by atoms with E-state index in [9.17, 15) is 4.79 Å². The Labute approximate surface area is 110 Å². The second kappa shape index (κ2) is 4.12. The van der Waals surface area contributed by atoms with E-state index in [0.29, 0.717) is 5.02 Å². The monoisotopic (exact) mass is 279 g/mol. The van der Waals surface area contributed by atoms with Crippen LogP contribution in [0.2, 0.25) is 5.02 Å². The van der Waals surface area contributed by atoms with Gasteiger partial charge in [-0.25, -0.2) is 4.79 Å². The quantitative estimate of drug-likeness (QED) is 0.772. The van der Waals surface area contributed by atoms with E-state index in [-0.39, 0.29) is 11.3 Å². The molecule has 0 atom stereocenters. The molecule has 6 heteroatoms. The molecule has 0 saturated carbocycles. The summed E-state index contributed by atoms with van der Waals surface area (Å²) in [7, 11) is 0. The topological polar surface area (TPSA) is 63.3 Å². The molecular formula is C12H6ClNO3S. The zero-order chi connectivity index (χ0) is 12.7. The van der Waals surface area contributed by atoms with Gasteiger partial charge in [0.25, 0.3) is 0 Å². The molecule has 0 amide bonds. The summed E-state index contributed by atoms with van der Waals surface area (Å²) >= 11 is 7.35. The second-order valence-electron chi connectivity index (χ2n) is 3.67. The Hall–Kier alpha value is -1.85. The molecule has 1 N–H and O–H groups in total. The highest BCUT2D eigenvalue weighted by Gasteiger charge is 2.18. The van der Waals surface area contributed by atoms with Crippen LogP contribution in [-0.2, 0) is 0 Å². The van der Waals surface area contributed by atoms with E-state index >= 15 is 0 Å². The summed E-state index contributed by atoms with van der Waals surface area (Å²) in [6.45, 7) is 0. The van der Waals surface area contributed by atoms with Gasteiger partial charge in [0, 0.05) is 9.72 Å². The summed E-state index contributed by atoms with van der Waals surface area (Å²) in [6.07, 6.45) is 1.20. The molecule has 0 bridgehead atoms. The molecule has 0 aliphatic rings. The molecule has 0 aliphatic heterocycles. The number of aromatic nitrogens is 1. The number of benzene rings is 1. The number of hydrogen-bond donors (Lipinski definition) is 1. The molecule has 0 spiro atoms. The van der Waals surface area contributed by atoms with Crippen LogP contribution in [0.4, 0.5) is 0 Å². The van der Waals surface area contributed by atoms with Crippen LogP contribution in [0.25, 0.3) is 20.7 Å². The second-order valence-corrected chi connectivity index (χ2v) is 5.19. The van der Waals surface area contributed by atoms with E-state index in [2.05, 4.69) is 5.16 Å². The summed E-state index contributed by atoms with van der Waals surface area (Å²) in [6, 6.07) is 7.36. The van der Waals surface area contributed by atoms with Crippen LogP contribution < -0.4 is 0 Å². The summed E-state index contributed by atoms with van der Waals surface area (Å²) in [5.74, 6) is -0.776. The Balaban J connectivity index is 2.19. The van der Waals surface area contributed by atoms with Crippen LogP contribution >= 0.6 is 22.9 Å². The minimum absolute atomic E-state index is 0.0626. The maximum absolute atomic E-state index is 11.0. The van der Waals surface area contributed by atoms with E-state index in [0.717, 1.165) is 15.0 Å². The van der Waals surface area contributed by atoms with Crippen molar-refractivity contribution >= 4 is 39.0 Å². The lowest BCUT2D eigenvalue weighted by atomic mass is 10.2. The van der Waals surface area contributed by atoms with Crippen molar-refractivity contribution in [1.82, 2.24) is 5.16 Å². The average molecular weight is 280 g/mol. The van der Waals surface area contributed by atoms with Crippen LogP contribution in [-0.4, -0.2) is 16.2 Å². The highest BCUT2D eigenvalue weighted by atomic mass is 35.5. The van der Waals surface area contributed by atoms with Gasteiger partial charge < -0.3 is 9.63 Å². The van der Waals surface area contributed by atoms with Crippen molar-refractivity contribution in [3.05, 3.63) is 41.0 Å². The highest BCUT2D eigenvalue weighted by Crippen LogP contribution is 2.36. The summed E-state index contributed by atoms with van der Waals surface area (Å²) < 4.78 is 6.03. The standard InChI is InChI=1S/C12H6ClNO3S/c13-7-1-2-9-6(3-7)4-10(18-9)11-8(12(15)16)5-14-17-11/h1-5H,(H,15,16). The molecule has 2 aromatic heterocycles. The van der Waals surface area contributed by atoms with Gasteiger partial charge >= 0.3 is 5.97 Å². The van der Waals surface area contributed by atoms with Crippen molar-refractivity contribution in [2.75, 3.05) is 0 Å². The van der Waals surface area contributed by atoms with Crippen molar-refractivity contribution in [3.8, 4) is 10.6 Å². The lowest BCUT2D eigenvalue weighted by Gasteiger charge is -1.90. The molecule has 0 fully saturated rings. The average Bonchev–Trinajstić information content (AvgIpc) is 2.93. The molecule has 0 saturated heterocycles. The van der Waals surface area contributed by atoms with Gasteiger partial charge in [-0.2, -0.15) is 0 Å². The van der Waals surface area contributed by atoms with Crippen LogP contribution in [0.1, 0.15) is 10.4 Å². The van der Waals surface area contributed by atoms with Crippen molar-refractivity contribution in [2.45, 2.75) is 0 Å². The number of rotatable bonds is 2. The normalized spacial score (nSPS) is 10.9. The van der Waals surface area contributed by atoms with E-state index in [1.165, 1.54) is 17.5 Å². The number of aromatic carboxylic acids is 1. The number of hydrogen-bond acceptors (Lipinski definition) is 4. The van der Waals surface area contributed by atoms with E-state index in [1.54, 1.807) is 6.07 Å². The molecule has 3 aromatic rings. The van der Waals surface area contributed by atoms with Gasteiger partial charge in [-0.05, 0) is 29.7 Å². The number of halogens is 1. The maximum Gasteiger partial charge on any atom is 0.341 e. The van der Waals surface area contributed by atoms with Gasteiger partial charge in [-0.1, -0.05) is 16.8 Å². The third-order valence-corrected chi connectivity index (χ3v) is 3.85. The Morgan fingerprint density at radius 1 is 1.39 bits per heavy atom. The molecular weight excluding hydrogens is 274 g/mol. The first-order valence-corrected chi connectivity index (χ1v) is 6.22. The fraction of sp³-hybridized carbons (Fsp3) is 0. The fourth-order valence-electron chi connectivity index (χ4n) is 1.70. The van der Waals surface area contributed by atoms with Crippen LogP contribution in [0, 0.1) is 0 Å². The van der Waals surface area contributed by atoms with Gasteiger partial charge in [0.2, 0.25) is 0 Å². The van der Waals surface area contributed by atoms with E-state index in [4.69, 9.17) is 21.2 Å². The SMILES string of the molecule is O=C(O)c1cnoc1-c1cc2cc(Cl)ccc2s1. The molecule has 18 heavy (non-hydrogen) atoms. The predicted molar refractivity (Wildman–Crippen MR) is 69.3 cm³/mol. The Kier molecular flexibility index (Phi) is 2.57. The molecule has 0 radical (unpaired) electrons. The lowest BCUT2D eigenvalue weighted by Crippen LogP contribution is -1.94. The fourth-order valence-corrected chi connectivity index (χ4v) is 2.91. The first kappa shape index (κ1) is 11.3. The van der Waals surface area contributed by atoms with Crippen molar-refractivity contribution in [2.24, 2.45) is 0 Å². The summed E-state index contributed by atoms with van der Waals surface area (Å²) in [5, 5.41) is 14.1. The van der Waals surface area contributed by atoms with Gasteiger partial charge in [0.05, 0.1) is 11.1 Å². The number of thiophene rings is 1. The van der Waals surface area contributed by atoms with Crippen molar-refractivity contribution < 1.29 is 14.4 Å². The van der Waals surface area contributed by atoms with Crippen LogP contribution in [0.15, 0.2) is 35.0 Å². The molecule has 2 heterocycles. The molecule has 4 nitrogen and oxygen atoms in total. The largest absolute Gasteiger partial charge is 0.477 e. The van der Waals surface area contributed by atoms with Gasteiger partial charge in [0.1, 0.15) is 5.56 Å². The van der Waals surface area contributed by atoms with Crippen molar-refractivity contribution in [1.29, 1.82) is 0 Å². The third-order valence-electron chi connectivity index (χ3n) is 2.50. The Morgan fingerprint density at radius 3 is 3.00 bits per heavy atom. The first-order valence-electron chi connectivity index (χ1n) is 5.02. The van der Waals surface area contributed by atoms with Gasteiger partial charge in [0.15, 0.2) is 5.76 Å². The molecule has 3 rings (SSSR count). The maximum atomic E-state index is 11.0. The van der Waals surface area contributed by atoms with E-state index < -0.39 is 5.97 Å². The van der Waals surface area contributed by atoms with Crippen LogP contribution in [0.3, 0.4) is 0 Å². The number of fused-ring (bicyclic) bond motifs is 1. The van der Waals surface area contributed by atoms with Gasteiger partial charge in [-0.3, -0.25) is 0 Å². The zero-order valence-electron chi connectivity index (χ0n) is 8.88. The Bertz CT molecular complexity index is 747. The highest BCUT2D eigenvalue weighted by molar-refractivity contribution is 7.22. The minimum Gasteiger partial charge on any atom is -0.477 e. The third kappa shape index (κ3) is 1.77. The number of nitrogens with zero attached hydrogens (tertiary/aromatic N) is 1. The number of carboxylic acids is 1. The predicted octanol–water partition coefficient (Wildman–Crippen LogP) is 3.91.